The lowest BCUT2D eigenvalue weighted by Gasteiger charge is -2.17. The molecule has 1 N–H and O–H groups in total. The van der Waals surface area contributed by atoms with Gasteiger partial charge in [-0.2, -0.15) is 0 Å². The first-order chi connectivity index (χ1) is 7.27. The third kappa shape index (κ3) is 6.00. The van der Waals surface area contributed by atoms with Crippen LogP contribution in [0, 0.1) is 0 Å². The highest BCUT2D eigenvalue weighted by atomic mass is 15.3. The Balaban J connectivity index is 0. The normalized spacial score (nSPS) is 18.1. The predicted molar refractivity (Wildman–Crippen MR) is 70.2 cm³/mol. The third-order valence-corrected chi connectivity index (χ3v) is 1.58. The Morgan fingerprint density at radius 1 is 1.33 bits per heavy atom. The molecule has 1 rings (SSSR count). The fourth-order valence-electron chi connectivity index (χ4n) is 1.14. The molecule has 2 heteroatoms. The van der Waals surface area contributed by atoms with Crippen molar-refractivity contribution in [2.24, 2.45) is 0 Å². The van der Waals surface area contributed by atoms with Crippen LogP contribution in [-0.4, -0.2) is 11.1 Å². The smallest absolute Gasteiger partial charge is 0.121 e. The van der Waals surface area contributed by atoms with Crippen LogP contribution < -0.4 is 5.32 Å². The summed E-state index contributed by atoms with van der Waals surface area (Å²) < 4.78 is 0. The van der Waals surface area contributed by atoms with E-state index in [0.29, 0.717) is 0 Å². The molecule has 0 bridgehead atoms. The molecule has 0 saturated heterocycles. The molecule has 1 aliphatic heterocycles. The molecule has 15 heavy (non-hydrogen) atoms. The van der Waals surface area contributed by atoms with Gasteiger partial charge in [0.1, 0.15) is 6.17 Å². The van der Waals surface area contributed by atoms with Gasteiger partial charge >= 0.3 is 0 Å². The summed E-state index contributed by atoms with van der Waals surface area (Å²) in [5.74, 6) is 0. The zero-order valence-electron chi connectivity index (χ0n) is 11.0. The van der Waals surface area contributed by atoms with E-state index >= 15 is 0 Å². The molecule has 0 fully saturated rings. The second-order valence-corrected chi connectivity index (χ2v) is 2.57. The van der Waals surface area contributed by atoms with Crippen molar-refractivity contribution in [3.8, 4) is 0 Å². The molecular weight excluding hydrogens is 184 g/mol. The molecule has 0 aromatic rings. The highest BCUT2D eigenvalue weighted by Crippen LogP contribution is 2.11. The van der Waals surface area contributed by atoms with E-state index in [0.717, 1.165) is 0 Å². The summed E-state index contributed by atoms with van der Waals surface area (Å²) in [5.41, 5.74) is 1.17. The average Bonchev–Trinajstić information content (AvgIpc) is 2.65. The lowest BCUT2D eigenvalue weighted by Crippen LogP contribution is -2.30. The van der Waals surface area contributed by atoms with Crippen LogP contribution in [0.5, 0.6) is 0 Å². The second kappa shape index (κ2) is 10.9. The zero-order chi connectivity index (χ0) is 12.3. The SMILES string of the molecule is C=CC1NC(C)=CN1/C=C\C.CC.CC. The van der Waals surface area contributed by atoms with Crippen LogP contribution in [0.1, 0.15) is 41.5 Å². The highest BCUT2D eigenvalue weighted by Gasteiger charge is 2.14. The molecule has 0 amide bonds. The van der Waals surface area contributed by atoms with Crippen molar-refractivity contribution in [2.75, 3.05) is 0 Å². The van der Waals surface area contributed by atoms with E-state index in [9.17, 15) is 0 Å². The molecule has 88 valence electrons. The Labute approximate surface area is 95.4 Å². The Hall–Kier alpha value is -1.18. The van der Waals surface area contributed by atoms with Gasteiger partial charge in [0.15, 0.2) is 0 Å². The fraction of sp³-hybridized carbons (Fsp3) is 0.538. The Morgan fingerprint density at radius 2 is 1.87 bits per heavy atom. The van der Waals surface area contributed by atoms with Crippen LogP contribution in [0.25, 0.3) is 0 Å². The number of nitrogens with zero attached hydrogens (tertiary/aromatic N) is 1. The molecule has 0 aromatic carbocycles. The summed E-state index contributed by atoms with van der Waals surface area (Å²) in [6.07, 6.45) is 8.20. The summed E-state index contributed by atoms with van der Waals surface area (Å²) in [7, 11) is 0. The maximum Gasteiger partial charge on any atom is 0.121 e. The predicted octanol–water partition coefficient (Wildman–Crippen LogP) is 3.85. The van der Waals surface area contributed by atoms with Crippen molar-refractivity contribution >= 4 is 0 Å². The Kier molecular flexibility index (Phi) is 11.8. The van der Waals surface area contributed by atoms with Crippen molar-refractivity contribution in [2.45, 2.75) is 47.7 Å². The maximum absolute atomic E-state index is 3.74. The minimum absolute atomic E-state index is 0.228. The molecule has 0 aromatic heterocycles. The van der Waals surface area contributed by atoms with E-state index in [4.69, 9.17) is 0 Å². The first-order valence-electron chi connectivity index (χ1n) is 5.75. The lowest BCUT2D eigenvalue weighted by molar-refractivity contribution is 0.429. The molecular formula is C13H26N2. The van der Waals surface area contributed by atoms with Gasteiger partial charge in [0, 0.05) is 18.1 Å². The van der Waals surface area contributed by atoms with Gasteiger partial charge in [-0.25, -0.2) is 0 Å². The molecule has 0 aliphatic carbocycles. The summed E-state index contributed by atoms with van der Waals surface area (Å²) >= 11 is 0. The van der Waals surface area contributed by atoms with Gasteiger partial charge in [0.2, 0.25) is 0 Å². The third-order valence-electron chi connectivity index (χ3n) is 1.58. The van der Waals surface area contributed by atoms with Crippen LogP contribution in [0.4, 0.5) is 0 Å². The first kappa shape index (κ1) is 16.3. The summed E-state index contributed by atoms with van der Waals surface area (Å²) in [6.45, 7) is 15.8. The summed E-state index contributed by atoms with van der Waals surface area (Å²) in [6, 6.07) is 0. The number of hydrogen-bond donors (Lipinski definition) is 1. The molecule has 0 spiro atoms. The van der Waals surface area contributed by atoms with Crippen molar-refractivity contribution in [3.63, 3.8) is 0 Å². The van der Waals surface area contributed by atoms with Crippen LogP contribution in [0.3, 0.4) is 0 Å². The Bertz CT molecular complexity index is 205. The molecule has 0 radical (unpaired) electrons. The average molecular weight is 210 g/mol. The standard InChI is InChI=1S/C9H14N2.2C2H6/c1-4-6-11-7-8(3)10-9(11)5-2;2*1-2/h4-7,9-10H,2H2,1,3H3;2*1-2H3/b6-4-;;. The molecule has 0 saturated carbocycles. The topological polar surface area (TPSA) is 15.3 Å². The second-order valence-electron chi connectivity index (χ2n) is 2.57. The number of nitrogens with one attached hydrogen (secondary N) is 1. The van der Waals surface area contributed by atoms with Gasteiger partial charge in [-0.1, -0.05) is 40.3 Å². The Morgan fingerprint density at radius 3 is 2.27 bits per heavy atom. The number of rotatable bonds is 2. The van der Waals surface area contributed by atoms with Crippen molar-refractivity contribution < 1.29 is 0 Å². The molecule has 1 aliphatic rings. The molecule has 2 nitrogen and oxygen atoms in total. The minimum atomic E-state index is 0.228. The van der Waals surface area contributed by atoms with Gasteiger partial charge < -0.3 is 10.2 Å². The van der Waals surface area contributed by atoms with Crippen molar-refractivity contribution in [1.29, 1.82) is 0 Å². The van der Waals surface area contributed by atoms with Crippen molar-refractivity contribution in [1.82, 2.24) is 10.2 Å². The lowest BCUT2D eigenvalue weighted by atomic mass is 10.4. The molecule has 1 heterocycles. The zero-order valence-corrected chi connectivity index (χ0v) is 11.0. The molecule has 1 atom stereocenters. The van der Waals surface area contributed by atoms with E-state index in [1.165, 1.54) is 5.70 Å². The quantitative estimate of drug-likeness (QED) is 0.696. The van der Waals surface area contributed by atoms with E-state index in [1.807, 2.05) is 59.9 Å². The van der Waals surface area contributed by atoms with Crippen LogP contribution >= 0.6 is 0 Å². The van der Waals surface area contributed by atoms with E-state index in [1.54, 1.807) is 0 Å². The summed E-state index contributed by atoms with van der Waals surface area (Å²) in [5, 5.41) is 3.26. The number of hydrogen-bond acceptors (Lipinski definition) is 2. The fourth-order valence-corrected chi connectivity index (χ4v) is 1.14. The maximum atomic E-state index is 3.74. The van der Waals surface area contributed by atoms with E-state index in [-0.39, 0.29) is 6.17 Å². The van der Waals surface area contributed by atoms with E-state index in [2.05, 4.69) is 23.0 Å². The van der Waals surface area contributed by atoms with Gasteiger partial charge in [-0.3, -0.25) is 0 Å². The van der Waals surface area contributed by atoms with Crippen LogP contribution in [-0.2, 0) is 0 Å². The minimum Gasteiger partial charge on any atom is -0.364 e. The summed E-state index contributed by atoms with van der Waals surface area (Å²) in [4.78, 5) is 2.09. The largest absolute Gasteiger partial charge is 0.364 e. The van der Waals surface area contributed by atoms with Gasteiger partial charge in [0.05, 0.1) is 0 Å². The highest BCUT2D eigenvalue weighted by molar-refractivity contribution is 5.12. The molecule has 1 unspecified atom stereocenters. The van der Waals surface area contributed by atoms with Gasteiger partial charge in [-0.15, -0.1) is 0 Å². The van der Waals surface area contributed by atoms with Gasteiger partial charge in [0.25, 0.3) is 0 Å². The number of allylic oxidation sites excluding steroid dienone is 2. The van der Waals surface area contributed by atoms with Crippen molar-refractivity contribution in [3.05, 3.63) is 36.8 Å². The first-order valence-corrected chi connectivity index (χ1v) is 5.75. The van der Waals surface area contributed by atoms with E-state index < -0.39 is 0 Å². The van der Waals surface area contributed by atoms with Crippen LogP contribution in [0.15, 0.2) is 36.8 Å². The van der Waals surface area contributed by atoms with Gasteiger partial charge in [-0.05, 0) is 19.9 Å². The monoisotopic (exact) mass is 210 g/mol. The van der Waals surface area contributed by atoms with Crippen LogP contribution in [0.2, 0.25) is 0 Å².